The second kappa shape index (κ2) is 5.91. The number of nitrogens with zero attached hydrogens (tertiary/aromatic N) is 2. The van der Waals surface area contributed by atoms with Crippen LogP contribution in [0.4, 0.5) is 17.1 Å². The zero-order valence-electron chi connectivity index (χ0n) is 11.3. The summed E-state index contributed by atoms with van der Waals surface area (Å²) >= 11 is 0. The Labute approximate surface area is 113 Å². The average molecular weight is 263 g/mol. The van der Waals surface area contributed by atoms with E-state index in [1.54, 1.807) is 6.07 Å². The molecular weight excluding hydrogens is 242 g/mol. The topological polar surface area (TPSA) is 72.4 Å². The minimum Gasteiger partial charge on any atom is -0.397 e. The first-order valence-corrected chi connectivity index (χ1v) is 6.86. The molecule has 1 aromatic rings. The molecule has 1 fully saturated rings. The summed E-state index contributed by atoms with van der Waals surface area (Å²) in [6, 6.07) is 5.23. The van der Waals surface area contributed by atoms with Gasteiger partial charge in [0, 0.05) is 25.2 Å². The lowest BCUT2D eigenvalue weighted by Crippen LogP contribution is -2.31. The number of hydrogen-bond acceptors (Lipinski definition) is 4. The first-order chi connectivity index (χ1) is 9.09. The van der Waals surface area contributed by atoms with E-state index >= 15 is 0 Å². The predicted molar refractivity (Wildman–Crippen MR) is 77.4 cm³/mol. The van der Waals surface area contributed by atoms with E-state index in [4.69, 9.17) is 5.73 Å². The normalized spacial score (nSPS) is 16.9. The number of hydrogen-bond donors (Lipinski definition) is 1. The zero-order chi connectivity index (χ0) is 13.8. The molecule has 0 unspecified atom stereocenters. The molecule has 0 atom stereocenters. The van der Waals surface area contributed by atoms with Crippen LogP contribution in [-0.4, -0.2) is 18.0 Å². The van der Waals surface area contributed by atoms with Gasteiger partial charge in [0.1, 0.15) is 0 Å². The van der Waals surface area contributed by atoms with Gasteiger partial charge in [0.2, 0.25) is 0 Å². The number of benzene rings is 1. The Morgan fingerprint density at radius 2 is 1.89 bits per heavy atom. The van der Waals surface area contributed by atoms with E-state index in [2.05, 4.69) is 4.90 Å². The number of nitro groups is 1. The fourth-order valence-electron chi connectivity index (χ4n) is 2.82. The van der Waals surface area contributed by atoms with Gasteiger partial charge in [0.25, 0.3) is 5.69 Å². The number of non-ortho nitro benzene ring substituents is 1. The number of anilines is 2. The minimum atomic E-state index is -0.411. The Kier molecular flexibility index (Phi) is 4.24. The summed E-state index contributed by atoms with van der Waals surface area (Å²) < 4.78 is 0. The van der Waals surface area contributed by atoms with Gasteiger partial charge in [0.15, 0.2) is 0 Å². The van der Waals surface area contributed by atoms with Crippen LogP contribution < -0.4 is 10.6 Å². The molecule has 0 radical (unpaired) electrons. The Hall–Kier alpha value is -1.78. The van der Waals surface area contributed by atoms with Crippen molar-refractivity contribution in [2.24, 2.45) is 0 Å². The highest BCUT2D eigenvalue weighted by atomic mass is 16.6. The summed E-state index contributed by atoms with van der Waals surface area (Å²) in [4.78, 5) is 12.5. The van der Waals surface area contributed by atoms with E-state index in [1.807, 2.05) is 7.05 Å². The highest BCUT2D eigenvalue weighted by molar-refractivity contribution is 5.70. The van der Waals surface area contributed by atoms with Gasteiger partial charge in [-0.2, -0.15) is 0 Å². The molecule has 0 amide bonds. The summed E-state index contributed by atoms with van der Waals surface area (Å²) in [5.41, 5.74) is 7.40. The maximum Gasteiger partial charge on any atom is 0.271 e. The van der Waals surface area contributed by atoms with Gasteiger partial charge in [-0.15, -0.1) is 0 Å². The third-order valence-corrected chi connectivity index (χ3v) is 3.97. The summed E-state index contributed by atoms with van der Waals surface area (Å²) in [6.45, 7) is 0. The first-order valence-electron chi connectivity index (χ1n) is 6.86. The standard InChI is InChI=1S/C14H21N3O2/c1-16(11-6-4-2-3-5-7-11)14-9-8-12(17(18)19)10-13(14)15/h8-11H,2-7,15H2,1H3. The van der Waals surface area contributed by atoms with Crippen molar-refractivity contribution in [1.82, 2.24) is 0 Å². The Bertz CT molecular complexity index is 454. The monoisotopic (exact) mass is 263 g/mol. The molecule has 19 heavy (non-hydrogen) atoms. The van der Waals surface area contributed by atoms with Crippen molar-refractivity contribution in [3.8, 4) is 0 Å². The van der Waals surface area contributed by atoms with Crippen LogP contribution >= 0.6 is 0 Å². The molecule has 2 N–H and O–H groups in total. The van der Waals surface area contributed by atoms with E-state index < -0.39 is 4.92 Å². The van der Waals surface area contributed by atoms with E-state index in [1.165, 1.54) is 50.7 Å². The molecule has 1 saturated carbocycles. The van der Waals surface area contributed by atoms with Gasteiger partial charge >= 0.3 is 0 Å². The molecule has 0 saturated heterocycles. The van der Waals surface area contributed by atoms with Gasteiger partial charge in [-0.25, -0.2) is 0 Å². The predicted octanol–water partition coefficient (Wildman–Crippen LogP) is 3.34. The quantitative estimate of drug-likeness (QED) is 0.393. The van der Waals surface area contributed by atoms with Crippen molar-refractivity contribution < 1.29 is 4.92 Å². The van der Waals surface area contributed by atoms with Crippen molar-refractivity contribution in [2.45, 2.75) is 44.6 Å². The van der Waals surface area contributed by atoms with Crippen molar-refractivity contribution in [3.05, 3.63) is 28.3 Å². The summed E-state index contributed by atoms with van der Waals surface area (Å²) in [6.07, 6.45) is 7.46. The fourth-order valence-corrected chi connectivity index (χ4v) is 2.82. The van der Waals surface area contributed by atoms with Gasteiger partial charge in [-0.05, 0) is 18.9 Å². The Morgan fingerprint density at radius 1 is 1.26 bits per heavy atom. The molecule has 0 bridgehead atoms. The second-order valence-corrected chi connectivity index (χ2v) is 5.26. The highest BCUT2D eigenvalue weighted by Gasteiger charge is 2.20. The van der Waals surface area contributed by atoms with Crippen LogP contribution in [0.1, 0.15) is 38.5 Å². The van der Waals surface area contributed by atoms with Crippen LogP contribution in [0.25, 0.3) is 0 Å². The molecule has 5 nitrogen and oxygen atoms in total. The molecule has 104 valence electrons. The summed E-state index contributed by atoms with van der Waals surface area (Å²) in [7, 11) is 2.04. The van der Waals surface area contributed by atoms with Crippen LogP contribution in [-0.2, 0) is 0 Å². The zero-order valence-corrected chi connectivity index (χ0v) is 11.3. The summed E-state index contributed by atoms with van der Waals surface area (Å²) in [5.74, 6) is 0. The molecule has 1 aromatic carbocycles. The third kappa shape index (κ3) is 3.16. The largest absolute Gasteiger partial charge is 0.397 e. The lowest BCUT2D eigenvalue weighted by Gasteiger charge is -2.30. The Balaban J connectivity index is 2.18. The van der Waals surface area contributed by atoms with Crippen LogP contribution in [0.15, 0.2) is 18.2 Å². The van der Waals surface area contributed by atoms with E-state index in [0.29, 0.717) is 11.7 Å². The molecule has 5 heteroatoms. The number of rotatable bonds is 3. The van der Waals surface area contributed by atoms with Gasteiger partial charge in [-0.1, -0.05) is 25.7 Å². The minimum absolute atomic E-state index is 0.0514. The van der Waals surface area contributed by atoms with E-state index in [9.17, 15) is 10.1 Å². The molecular formula is C14H21N3O2. The van der Waals surface area contributed by atoms with E-state index in [0.717, 1.165) is 5.69 Å². The van der Waals surface area contributed by atoms with E-state index in [-0.39, 0.29) is 5.69 Å². The van der Waals surface area contributed by atoms with Gasteiger partial charge in [0.05, 0.1) is 16.3 Å². The Morgan fingerprint density at radius 3 is 2.42 bits per heavy atom. The molecule has 0 spiro atoms. The molecule has 1 aliphatic carbocycles. The van der Waals surface area contributed by atoms with Gasteiger partial charge < -0.3 is 10.6 Å². The molecule has 2 rings (SSSR count). The lowest BCUT2D eigenvalue weighted by molar-refractivity contribution is -0.384. The van der Waals surface area contributed by atoms with Crippen molar-refractivity contribution >= 4 is 17.1 Å². The van der Waals surface area contributed by atoms with Crippen molar-refractivity contribution in [3.63, 3.8) is 0 Å². The maximum absolute atomic E-state index is 10.7. The lowest BCUT2D eigenvalue weighted by atomic mass is 10.1. The number of nitro benzene ring substituents is 1. The highest BCUT2D eigenvalue weighted by Crippen LogP contribution is 2.31. The molecule has 0 aromatic heterocycles. The first kappa shape index (κ1) is 13.6. The summed E-state index contributed by atoms with van der Waals surface area (Å²) in [5, 5.41) is 10.7. The number of nitrogens with two attached hydrogens (primary N) is 1. The number of nitrogen functional groups attached to an aromatic ring is 1. The molecule has 0 aliphatic heterocycles. The van der Waals surface area contributed by atoms with Crippen LogP contribution in [0, 0.1) is 10.1 Å². The van der Waals surface area contributed by atoms with Gasteiger partial charge in [-0.3, -0.25) is 10.1 Å². The fraction of sp³-hybridized carbons (Fsp3) is 0.571. The van der Waals surface area contributed by atoms with Crippen LogP contribution in [0.5, 0.6) is 0 Å². The van der Waals surface area contributed by atoms with Crippen LogP contribution in [0.3, 0.4) is 0 Å². The molecule has 1 aliphatic rings. The SMILES string of the molecule is CN(c1ccc([N+](=O)[O-])cc1N)C1CCCCCC1. The molecule has 0 heterocycles. The van der Waals surface area contributed by atoms with Crippen molar-refractivity contribution in [2.75, 3.05) is 17.7 Å². The smallest absolute Gasteiger partial charge is 0.271 e. The van der Waals surface area contributed by atoms with Crippen molar-refractivity contribution in [1.29, 1.82) is 0 Å². The average Bonchev–Trinajstić information content (AvgIpc) is 2.66. The third-order valence-electron chi connectivity index (χ3n) is 3.97. The van der Waals surface area contributed by atoms with Crippen LogP contribution in [0.2, 0.25) is 0 Å². The maximum atomic E-state index is 10.7. The second-order valence-electron chi connectivity index (χ2n) is 5.26.